The molecule has 0 saturated heterocycles. The van der Waals surface area contributed by atoms with Crippen LogP contribution in [0.3, 0.4) is 0 Å². The summed E-state index contributed by atoms with van der Waals surface area (Å²) in [7, 11) is 0. The fourth-order valence-corrected chi connectivity index (χ4v) is 1.57. The Morgan fingerprint density at radius 1 is 1.56 bits per heavy atom. The summed E-state index contributed by atoms with van der Waals surface area (Å²) >= 11 is 0. The van der Waals surface area contributed by atoms with E-state index in [1.54, 1.807) is 25.5 Å². The molecule has 16 heavy (non-hydrogen) atoms. The summed E-state index contributed by atoms with van der Waals surface area (Å²) in [4.78, 5) is 18.9. The molecule has 0 aromatic carbocycles. The van der Waals surface area contributed by atoms with Gasteiger partial charge in [0.2, 0.25) is 0 Å². The number of carbonyl (C=O) groups is 1. The van der Waals surface area contributed by atoms with Crippen molar-refractivity contribution in [2.45, 2.75) is 19.8 Å². The van der Waals surface area contributed by atoms with E-state index in [4.69, 9.17) is 5.11 Å². The number of aryl methyl sites for hydroxylation is 1. The largest absolute Gasteiger partial charge is 0.481 e. The minimum Gasteiger partial charge on any atom is -0.481 e. The SMILES string of the molecule is CC(CCc1cnc2cnccn12)C(=O)O. The number of fused-ring (bicyclic) bond motifs is 1. The van der Waals surface area contributed by atoms with Crippen molar-refractivity contribution in [3.8, 4) is 0 Å². The molecule has 0 radical (unpaired) electrons. The molecule has 0 spiro atoms. The third-order valence-electron chi connectivity index (χ3n) is 2.65. The van der Waals surface area contributed by atoms with Gasteiger partial charge >= 0.3 is 5.97 Å². The minimum absolute atomic E-state index is 0.326. The highest BCUT2D eigenvalue weighted by Crippen LogP contribution is 2.11. The fourth-order valence-electron chi connectivity index (χ4n) is 1.57. The van der Waals surface area contributed by atoms with Crippen LogP contribution in [-0.4, -0.2) is 25.4 Å². The molecule has 1 atom stereocenters. The van der Waals surface area contributed by atoms with Gasteiger partial charge in [-0.25, -0.2) is 4.98 Å². The molecule has 0 aliphatic carbocycles. The van der Waals surface area contributed by atoms with Crippen LogP contribution in [0.15, 0.2) is 24.8 Å². The Kier molecular flexibility index (Phi) is 2.85. The summed E-state index contributed by atoms with van der Waals surface area (Å²) in [5.74, 6) is -1.08. The predicted octanol–water partition coefficient (Wildman–Crippen LogP) is 1.38. The summed E-state index contributed by atoms with van der Waals surface area (Å²) in [6.07, 6.45) is 8.31. The van der Waals surface area contributed by atoms with Gasteiger partial charge in [0.25, 0.3) is 0 Å². The number of aliphatic carboxylic acids is 1. The molecule has 1 N–H and O–H groups in total. The highest BCUT2D eigenvalue weighted by molar-refractivity contribution is 5.69. The van der Waals surface area contributed by atoms with Gasteiger partial charge in [-0.15, -0.1) is 0 Å². The lowest BCUT2D eigenvalue weighted by molar-refractivity contribution is -0.141. The van der Waals surface area contributed by atoms with Crippen LogP contribution in [0.25, 0.3) is 5.65 Å². The molecule has 2 aromatic rings. The summed E-state index contributed by atoms with van der Waals surface area (Å²) in [6, 6.07) is 0. The average Bonchev–Trinajstić information content (AvgIpc) is 2.69. The van der Waals surface area contributed by atoms with Crippen LogP contribution in [0.4, 0.5) is 0 Å². The standard InChI is InChI=1S/C11H13N3O2/c1-8(11(15)16)2-3-9-6-13-10-7-12-4-5-14(9)10/h4-8H,2-3H2,1H3,(H,15,16). The second kappa shape index (κ2) is 4.30. The molecular formula is C11H13N3O2. The second-order valence-electron chi connectivity index (χ2n) is 3.83. The second-order valence-corrected chi connectivity index (χ2v) is 3.83. The van der Waals surface area contributed by atoms with Gasteiger partial charge in [-0.2, -0.15) is 0 Å². The Labute approximate surface area is 92.8 Å². The summed E-state index contributed by atoms with van der Waals surface area (Å²) in [5.41, 5.74) is 1.81. The van der Waals surface area contributed by atoms with E-state index < -0.39 is 5.97 Å². The number of aromatic nitrogens is 3. The van der Waals surface area contributed by atoms with Crippen LogP contribution < -0.4 is 0 Å². The average molecular weight is 219 g/mol. The zero-order chi connectivity index (χ0) is 11.5. The third-order valence-corrected chi connectivity index (χ3v) is 2.65. The molecule has 5 heteroatoms. The zero-order valence-corrected chi connectivity index (χ0v) is 9.00. The lowest BCUT2D eigenvalue weighted by Crippen LogP contribution is -2.10. The summed E-state index contributed by atoms with van der Waals surface area (Å²) in [6.45, 7) is 1.72. The first-order valence-electron chi connectivity index (χ1n) is 5.17. The van der Waals surface area contributed by atoms with Gasteiger partial charge in [-0.1, -0.05) is 6.92 Å². The van der Waals surface area contributed by atoms with Crippen molar-refractivity contribution in [1.29, 1.82) is 0 Å². The number of imidazole rings is 1. The molecule has 0 aliphatic heterocycles. The smallest absolute Gasteiger partial charge is 0.306 e. The molecule has 2 aromatic heterocycles. The Bertz CT molecular complexity index is 507. The highest BCUT2D eigenvalue weighted by Gasteiger charge is 2.12. The van der Waals surface area contributed by atoms with Gasteiger partial charge in [0.15, 0.2) is 5.65 Å². The molecule has 2 rings (SSSR count). The van der Waals surface area contributed by atoms with Gasteiger partial charge in [0.1, 0.15) is 0 Å². The molecule has 0 fully saturated rings. The van der Waals surface area contributed by atoms with Gasteiger partial charge in [0, 0.05) is 24.3 Å². The molecule has 84 valence electrons. The monoisotopic (exact) mass is 219 g/mol. The van der Waals surface area contributed by atoms with Crippen molar-refractivity contribution in [2.24, 2.45) is 5.92 Å². The number of hydrogen-bond acceptors (Lipinski definition) is 3. The number of nitrogens with zero attached hydrogens (tertiary/aromatic N) is 3. The highest BCUT2D eigenvalue weighted by atomic mass is 16.4. The minimum atomic E-state index is -0.754. The van der Waals surface area contributed by atoms with Crippen LogP contribution in [0.2, 0.25) is 0 Å². The van der Waals surface area contributed by atoms with E-state index in [0.717, 1.165) is 11.3 Å². The van der Waals surface area contributed by atoms with E-state index in [1.807, 2.05) is 10.6 Å². The molecule has 2 heterocycles. The first kappa shape index (κ1) is 10.6. The fraction of sp³-hybridized carbons (Fsp3) is 0.364. The Hall–Kier alpha value is -1.91. The van der Waals surface area contributed by atoms with Crippen molar-refractivity contribution in [1.82, 2.24) is 14.4 Å². The number of carboxylic acids is 1. The van der Waals surface area contributed by atoms with Crippen molar-refractivity contribution in [3.05, 3.63) is 30.5 Å². The van der Waals surface area contributed by atoms with Crippen molar-refractivity contribution < 1.29 is 9.90 Å². The first-order valence-corrected chi connectivity index (χ1v) is 5.17. The quantitative estimate of drug-likeness (QED) is 0.843. The van der Waals surface area contributed by atoms with E-state index in [1.165, 1.54) is 0 Å². The van der Waals surface area contributed by atoms with E-state index in [9.17, 15) is 4.79 Å². The molecule has 0 amide bonds. The van der Waals surface area contributed by atoms with Crippen molar-refractivity contribution in [2.75, 3.05) is 0 Å². The summed E-state index contributed by atoms with van der Waals surface area (Å²) in [5, 5.41) is 8.79. The van der Waals surface area contributed by atoms with Crippen LogP contribution in [0.5, 0.6) is 0 Å². The van der Waals surface area contributed by atoms with Crippen molar-refractivity contribution >= 4 is 11.6 Å². The third kappa shape index (κ3) is 2.03. The maximum atomic E-state index is 10.7. The molecule has 0 aliphatic rings. The Morgan fingerprint density at radius 2 is 2.38 bits per heavy atom. The van der Waals surface area contributed by atoms with Crippen LogP contribution in [-0.2, 0) is 11.2 Å². The van der Waals surface area contributed by atoms with Crippen molar-refractivity contribution in [3.63, 3.8) is 0 Å². The normalized spacial score (nSPS) is 12.8. The van der Waals surface area contributed by atoms with E-state index in [-0.39, 0.29) is 5.92 Å². The maximum absolute atomic E-state index is 10.7. The number of hydrogen-bond donors (Lipinski definition) is 1. The molecule has 0 bridgehead atoms. The van der Waals surface area contributed by atoms with Gasteiger partial charge in [-0.3, -0.25) is 9.78 Å². The van der Waals surface area contributed by atoms with Crippen LogP contribution in [0, 0.1) is 5.92 Å². The van der Waals surface area contributed by atoms with E-state index in [2.05, 4.69) is 9.97 Å². The Morgan fingerprint density at radius 3 is 3.12 bits per heavy atom. The predicted molar refractivity (Wildman–Crippen MR) is 58.1 cm³/mol. The lowest BCUT2D eigenvalue weighted by Gasteiger charge is -2.05. The first-order chi connectivity index (χ1) is 7.68. The number of carboxylic acid groups (broad SMARTS) is 1. The lowest BCUT2D eigenvalue weighted by atomic mass is 10.1. The van der Waals surface area contributed by atoms with Crippen LogP contribution in [0.1, 0.15) is 19.0 Å². The van der Waals surface area contributed by atoms with Crippen LogP contribution >= 0.6 is 0 Å². The van der Waals surface area contributed by atoms with Gasteiger partial charge in [0.05, 0.1) is 12.1 Å². The van der Waals surface area contributed by atoms with E-state index >= 15 is 0 Å². The zero-order valence-electron chi connectivity index (χ0n) is 9.00. The Balaban J connectivity index is 2.13. The summed E-state index contributed by atoms with van der Waals surface area (Å²) < 4.78 is 1.93. The molecule has 1 unspecified atom stereocenters. The maximum Gasteiger partial charge on any atom is 0.306 e. The topological polar surface area (TPSA) is 67.5 Å². The molecular weight excluding hydrogens is 206 g/mol. The van der Waals surface area contributed by atoms with Gasteiger partial charge < -0.3 is 9.51 Å². The molecule has 0 saturated carbocycles. The van der Waals surface area contributed by atoms with E-state index in [0.29, 0.717) is 12.8 Å². The molecule has 5 nitrogen and oxygen atoms in total. The number of rotatable bonds is 4. The van der Waals surface area contributed by atoms with Gasteiger partial charge in [-0.05, 0) is 12.8 Å².